The van der Waals surface area contributed by atoms with Crippen molar-refractivity contribution in [1.29, 1.82) is 0 Å². The zero-order valence-electron chi connectivity index (χ0n) is 73.5. The summed E-state index contributed by atoms with van der Waals surface area (Å²) >= 11 is 0. The molecule has 5 atom stereocenters. The number of rotatable bonds is 21. The molecule has 3 aliphatic heterocycles. The molecule has 0 saturated carbocycles. The van der Waals surface area contributed by atoms with Crippen LogP contribution in [0.25, 0.3) is 169 Å². The lowest BCUT2D eigenvalue weighted by Crippen LogP contribution is -2.49. The Morgan fingerprint density at radius 2 is 0.446 bits per heavy atom. The van der Waals surface area contributed by atoms with Crippen molar-refractivity contribution in [2.75, 3.05) is 0 Å². The highest BCUT2D eigenvalue weighted by Gasteiger charge is 2.40. The fourth-order valence-corrected chi connectivity index (χ4v) is 28.1. The molecule has 0 radical (unpaired) electrons. The molecule has 5 unspecified atom stereocenters. The first-order chi connectivity index (χ1) is 63.7. The van der Waals surface area contributed by atoms with Crippen molar-refractivity contribution in [2.24, 2.45) is 0 Å². The van der Waals surface area contributed by atoms with E-state index in [2.05, 4.69) is 394 Å². The van der Waals surface area contributed by atoms with E-state index in [9.17, 15) is 0 Å². The fourth-order valence-electron chi connectivity index (χ4n) is 19.9. The second kappa shape index (κ2) is 34.0. The summed E-state index contributed by atoms with van der Waals surface area (Å²) in [5, 5.41) is 8.16. The highest BCUT2D eigenvalue weighted by molar-refractivity contribution is 7.03. The van der Waals surface area contributed by atoms with Gasteiger partial charge in [0.05, 0.1) is 51.2 Å². The molecular formula is C115H92N12Si3. The summed E-state index contributed by atoms with van der Waals surface area (Å²) in [5.74, 6) is 2.17. The van der Waals surface area contributed by atoms with Gasteiger partial charge in [-0.15, -0.1) is 0 Å². The van der Waals surface area contributed by atoms with Gasteiger partial charge in [-0.1, -0.05) is 320 Å². The molecular weight excluding hydrogens is 1630 g/mol. The minimum absolute atomic E-state index is 0.0132. The van der Waals surface area contributed by atoms with Crippen LogP contribution in [0.2, 0.25) is 26.2 Å². The summed E-state index contributed by atoms with van der Waals surface area (Å²) < 4.78 is 0. The Morgan fingerprint density at radius 3 is 0.723 bits per heavy atom. The first-order valence-electron chi connectivity index (χ1n) is 45.1. The van der Waals surface area contributed by atoms with E-state index in [1.165, 1.54) is 42.2 Å². The number of pyridine rings is 6. The minimum Gasteiger partial charge on any atom is -0.260 e. The van der Waals surface area contributed by atoms with Crippen LogP contribution in [-0.2, 0) is 19.3 Å². The summed E-state index contributed by atoms with van der Waals surface area (Å²) in [6.45, 7) is 16.9. The van der Waals surface area contributed by atoms with Gasteiger partial charge in [0.1, 0.15) is 25.7 Å². The lowest BCUT2D eigenvalue weighted by atomic mass is 9.90. The molecule has 0 amide bonds. The van der Waals surface area contributed by atoms with Gasteiger partial charge in [0.15, 0.2) is 17.5 Å². The molecule has 3 aliphatic rings. The van der Waals surface area contributed by atoms with Gasteiger partial charge >= 0.3 is 0 Å². The van der Waals surface area contributed by atoms with Crippen molar-refractivity contribution in [2.45, 2.75) is 84.0 Å². The van der Waals surface area contributed by atoms with E-state index in [0.717, 1.165) is 174 Å². The quantitative estimate of drug-likeness (QED) is 0.0629. The predicted molar refractivity (Wildman–Crippen MR) is 539 cm³/mol. The van der Waals surface area contributed by atoms with Crippen LogP contribution in [-0.4, -0.2) is 85.5 Å². The van der Waals surface area contributed by atoms with Crippen molar-refractivity contribution in [3.8, 4) is 169 Å². The summed E-state index contributed by atoms with van der Waals surface area (Å²) in [7, 11) is -6.13. The first kappa shape index (κ1) is 80.8. The lowest BCUT2D eigenvalue weighted by Gasteiger charge is -2.22. The largest absolute Gasteiger partial charge is 0.260 e. The van der Waals surface area contributed by atoms with Crippen LogP contribution >= 0.6 is 0 Å². The van der Waals surface area contributed by atoms with Crippen LogP contribution in [0, 0.1) is 0 Å². The third-order valence-corrected chi connectivity index (χ3v) is 36.1. The summed E-state index contributed by atoms with van der Waals surface area (Å²) in [6.07, 6.45) is 14.8. The third kappa shape index (κ3) is 15.0. The highest BCUT2D eigenvalue weighted by atomic mass is 28.3. The Hall–Kier alpha value is -15.0. The zero-order chi connectivity index (χ0) is 87.7. The SMILES string of the molecule is CC(Cc1c(-c2ccccc2)nc(-c2ccccc2)nc1-c1ccccc1)c1cc2c(cn1)-c1cnc(-c3cc(-c4cc5c(cn4)-c4cnc(C(C)Cc6c(-c7ccccc7)nc(-c7ccccc7)nc6-c6ccccc6)cc4[SiH]5C)cc(-c4cc5c(cn4)-c4cnc(C(C)Cc6c(-c7ccccc7)nc(-c7ccccc7)nc6-c6ccccc6)cc4[Si]5(C)C)c3)cc1[SiH]2C. The summed E-state index contributed by atoms with van der Waals surface area (Å²) in [6, 6.07) is 116. The second-order valence-corrected chi connectivity index (χ2v) is 45.3. The van der Waals surface area contributed by atoms with Crippen LogP contribution < -0.4 is 31.1 Å². The van der Waals surface area contributed by atoms with Crippen molar-refractivity contribution >= 4 is 56.8 Å². The molecule has 0 aliphatic carbocycles. The Bertz CT molecular complexity index is 7070. The van der Waals surface area contributed by atoms with Gasteiger partial charge in [-0.3, -0.25) is 29.9 Å². The van der Waals surface area contributed by atoms with Gasteiger partial charge in [-0.25, -0.2) is 29.9 Å². The average molecular weight is 1730 g/mol. The van der Waals surface area contributed by atoms with Crippen molar-refractivity contribution in [3.63, 3.8) is 0 Å². The molecule has 12 nitrogen and oxygen atoms in total. The first-order valence-corrected chi connectivity index (χ1v) is 52.8. The number of nitrogens with zero attached hydrogens (tertiary/aromatic N) is 12. The zero-order valence-corrected chi connectivity index (χ0v) is 76.8. The molecule has 130 heavy (non-hydrogen) atoms. The third-order valence-electron chi connectivity index (χ3n) is 27.0. The van der Waals surface area contributed by atoms with Gasteiger partial charge in [0, 0.05) is 189 Å². The Morgan fingerprint density at radius 1 is 0.231 bits per heavy atom. The number of hydrogen-bond donors (Lipinski definition) is 0. The van der Waals surface area contributed by atoms with Crippen LogP contribution in [0.15, 0.2) is 365 Å². The van der Waals surface area contributed by atoms with E-state index in [1.54, 1.807) is 0 Å². The highest BCUT2D eigenvalue weighted by Crippen LogP contribution is 2.44. The standard InChI is InChI=1S/C115H92N12Si3/c1-71(53-86-107(74-35-17-8-18-36-74)122-113(80-47-29-14-30-48-80)123-108(86)75-37-19-9-20-38-75)95-59-101-89(65-116-95)91-67-119-98(61-103(91)128(101)4)83-56-84(99-62-104-92(68-120-99)90-66-117-96(60-102(90)129(104)5)72(2)54-87-109(76-39-21-10-22-40-76)124-114(81-49-31-15-32-50-81)125-110(87)77-41-23-11-24-42-77)58-85(57-83)100-64-106-94(70-121-100)93-69-118-97(63-105(93)130(106,6)7)73(3)55-88-111(78-43-25-12-26-44-78)126-115(82-51-33-16-34-52-82)127-112(88)79-45-27-13-28-46-79/h8-52,56-73,128-129H,53-55H2,1-7H3. The van der Waals surface area contributed by atoms with Crippen molar-refractivity contribution < 1.29 is 0 Å². The molecule has 9 aromatic heterocycles. The number of fused-ring (bicyclic) bond motifs is 9. The van der Waals surface area contributed by atoms with E-state index in [1.807, 2.05) is 18.2 Å². The van der Waals surface area contributed by atoms with E-state index in [0.29, 0.717) is 36.7 Å². The molecule has 19 aromatic rings. The minimum atomic E-state index is -2.44. The molecule has 22 rings (SSSR count). The van der Waals surface area contributed by atoms with E-state index in [4.69, 9.17) is 59.8 Å². The average Bonchev–Trinajstić information content (AvgIpc) is 1.57. The van der Waals surface area contributed by atoms with Gasteiger partial charge in [-0.2, -0.15) is 0 Å². The monoisotopic (exact) mass is 1720 g/mol. The van der Waals surface area contributed by atoms with Crippen LogP contribution in [0.5, 0.6) is 0 Å². The molecule has 12 heterocycles. The van der Waals surface area contributed by atoms with Crippen LogP contribution in [0.1, 0.15) is 72.3 Å². The van der Waals surface area contributed by atoms with Crippen molar-refractivity contribution in [1.82, 2.24) is 59.8 Å². The Kier molecular flexibility index (Phi) is 21.1. The molecule has 0 fully saturated rings. The molecule has 10 aromatic carbocycles. The van der Waals surface area contributed by atoms with E-state index in [-0.39, 0.29) is 17.8 Å². The molecule has 15 heteroatoms. The molecule has 0 bridgehead atoms. The van der Waals surface area contributed by atoms with Gasteiger partial charge < -0.3 is 0 Å². The van der Waals surface area contributed by atoms with Crippen LogP contribution in [0.4, 0.5) is 0 Å². The van der Waals surface area contributed by atoms with E-state index >= 15 is 0 Å². The number of aromatic nitrogens is 12. The molecule has 0 spiro atoms. The second-order valence-electron chi connectivity index (χ2n) is 35.6. The van der Waals surface area contributed by atoms with Crippen molar-refractivity contribution in [3.05, 3.63) is 399 Å². The summed E-state index contributed by atoms with van der Waals surface area (Å²) in [5.41, 5.74) is 34.0. The lowest BCUT2D eigenvalue weighted by molar-refractivity contribution is 0.729. The van der Waals surface area contributed by atoms with E-state index < -0.39 is 25.7 Å². The fraction of sp³-hybridized carbons (Fsp3) is 0.113. The summed E-state index contributed by atoms with van der Waals surface area (Å²) in [4.78, 5) is 65.1. The Balaban J connectivity index is 0.609. The van der Waals surface area contributed by atoms with Gasteiger partial charge in [-0.05, 0) is 105 Å². The smallest absolute Gasteiger partial charge is 0.160 e. The number of hydrogen-bond acceptors (Lipinski definition) is 12. The topological polar surface area (TPSA) is 155 Å². The predicted octanol–water partition coefficient (Wildman–Crippen LogP) is 22.2. The van der Waals surface area contributed by atoms with Gasteiger partial charge in [0.25, 0.3) is 0 Å². The number of benzene rings is 10. The van der Waals surface area contributed by atoms with Gasteiger partial charge in [0.2, 0.25) is 0 Å². The molecule has 624 valence electrons. The Labute approximate surface area is 762 Å². The maximum Gasteiger partial charge on any atom is 0.160 e. The maximum atomic E-state index is 5.50. The normalized spacial score (nSPS) is 14.3. The van der Waals surface area contributed by atoms with Crippen LogP contribution in [0.3, 0.4) is 0 Å². The molecule has 0 N–H and O–H groups in total. The maximum absolute atomic E-state index is 5.50. The molecule has 0 saturated heterocycles.